The standard InChI is InChI=1S/C20H24N4O/c1-23-16-11-7-6-10-15(16)20(25)24(2)18-13-21-19(12-17(18)23)22-14-8-4-3-5-9-14/h6-7,10-14H,3-5,8-9H2,1-2H3,(H,21,22). The van der Waals surface area contributed by atoms with Crippen LogP contribution >= 0.6 is 0 Å². The van der Waals surface area contributed by atoms with E-state index in [0.717, 1.165) is 22.9 Å². The summed E-state index contributed by atoms with van der Waals surface area (Å²) in [6.07, 6.45) is 8.12. The van der Waals surface area contributed by atoms with Gasteiger partial charge in [0.25, 0.3) is 5.91 Å². The molecule has 25 heavy (non-hydrogen) atoms. The van der Waals surface area contributed by atoms with Crippen LogP contribution in [0.5, 0.6) is 0 Å². The van der Waals surface area contributed by atoms with E-state index in [1.165, 1.54) is 32.1 Å². The van der Waals surface area contributed by atoms with Crippen molar-refractivity contribution in [3.05, 3.63) is 42.1 Å². The molecule has 0 spiro atoms. The van der Waals surface area contributed by atoms with Crippen molar-refractivity contribution in [1.82, 2.24) is 4.98 Å². The summed E-state index contributed by atoms with van der Waals surface area (Å²) in [6, 6.07) is 10.3. The van der Waals surface area contributed by atoms with Gasteiger partial charge in [0.2, 0.25) is 0 Å². The van der Waals surface area contributed by atoms with Gasteiger partial charge in [-0.05, 0) is 25.0 Å². The summed E-state index contributed by atoms with van der Waals surface area (Å²) in [7, 11) is 3.82. The normalized spacial score (nSPS) is 17.8. The zero-order chi connectivity index (χ0) is 17.4. The van der Waals surface area contributed by atoms with Crippen molar-refractivity contribution in [2.24, 2.45) is 0 Å². The molecule has 1 N–H and O–H groups in total. The fraction of sp³-hybridized carbons (Fsp3) is 0.400. The van der Waals surface area contributed by atoms with Crippen LogP contribution in [0.1, 0.15) is 42.5 Å². The van der Waals surface area contributed by atoms with E-state index in [0.29, 0.717) is 11.6 Å². The summed E-state index contributed by atoms with van der Waals surface area (Å²) in [6.45, 7) is 0. The minimum Gasteiger partial charge on any atom is -0.367 e. The summed E-state index contributed by atoms with van der Waals surface area (Å²) in [5, 5.41) is 3.58. The van der Waals surface area contributed by atoms with Crippen molar-refractivity contribution in [2.75, 3.05) is 29.2 Å². The predicted octanol–water partition coefficient (Wildman–Crippen LogP) is 4.18. The summed E-state index contributed by atoms with van der Waals surface area (Å²) in [4.78, 5) is 21.2. The molecular formula is C20H24N4O. The first-order valence-corrected chi connectivity index (χ1v) is 9.02. The average Bonchev–Trinajstić information content (AvgIpc) is 2.73. The Hall–Kier alpha value is -2.56. The predicted molar refractivity (Wildman–Crippen MR) is 102 cm³/mol. The zero-order valence-corrected chi connectivity index (χ0v) is 14.8. The lowest BCUT2D eigenvalue weighted by Gasteiger charge is -2.26. The van der Waals surface area contributed by atoms with Gasteiger partial charge in [-0.25, -0.2) is 4.98 Å². The van der Waals surface area contributed by atoms with Gasteiger partial charge in [-0.3, -0.25) is 4.79 Å². The van der Waals surface area contributed by atoms with Gasteiger partial charge in [-0.2, -0.15) is 0 Å². The number of fused-ring (bicyclic) bond motifs is 2. The lowest BCUT2D eigenvalue weighted by Crippen LogP contribution is -2.26. The number of amides is 1. The Labute approximate surface area is 148 Å². The van der Waals surface area contributed by atoms with Crippen molar-refractivity contribution in [3.63, 3.8) is 0 Å². The van der Waals surface area contributed by atoms with Crippen LogP contribution in [0.3, 0.4) is 0 Å². The van der Waals surface area contributed by atoms with E-state index in [4.69, 9.17) is 0 Å². The molecule has 1 saturated carbocycles. The number of para-hydroxylation sites is 1. The third kappa shape index (κ3) is 2.84. The molecule has 4 rings (SSSR count). The van der Waals surface area contributed by atoms with Crippen LogP contribution < -0.4 is 15.1 Å². The van der Waals surface area contributed by atoms with E-state index in [2.05, 4.69) is 21.3 Å². The number of carbonyl (C=O) groups excluding carboxylic acids is 1. The number of pyridine rings is 1. The first kappa shape index (κ1) is 15.9. The second-order valence-corrected chi connectivity index (χ2v) is 6.98. The number of carbonyl (C=O) groups is 1. The largest absolute Gasteiger partial charge is 0.367 e. The van der Waals surface area contributed by atoms with E-state index >= 15 is 0 Å². The molecule has 1 fully saturated rings. The van der Waals surface area contributed by atoms with Crippen LogP contribution in [-0.2, 0) is 0 Å². The molecule has 0 atom stereocenters. The number of benzene rings is 1. The number of anilines is 4. The van der Waals surface area contributed by atoms with Crippen LogP contribution in [0.15, 0.2) is 36.5 Å². The summed E-state index contributed by atoms with van der Waals surface area (Å²) >= 11 is 0. The number of nitrogens with zero attached hydrogens (tertiary/aromatic N) is 3. The molecule has 130 valence electrons. The Balaban J connectivity index is 1.72. The maximum Gasteiger partial charge on any atom is 0.260 e. The third-order valence-electron chi connectivity index (χ3n) is 5.34. The van der Waals surface area contributed by atoms with Gasteiger partial charge in [0.15, 0.2) is 0 Å². The molecular weight excluding hydrogens is 312 g/mol. The van der Waals surface area contributed by atoms with Gasteiger partial charge in [0, 0.05) is 26.2 Å². The molecule has 5 heteroatoms. The van der Waals surface area contributed by atoms with E-state index < -0.39 is 0 Å². The summed E-state index contributed by atoms with van der Waals surface area (Å²) in [5.74, 6) is 0.883. The lowest BCUT2D eigenvalue weighted by molar-refractivity contribution is 0.0994. The van der Waals surface area contributed by atoms with Crippen LogP contribution in [0, 0.1) is 0 Å². The van der Waals surface area contributed by atoms with E-state index in [-0.39, 0.29) is 5.91 Å². The van der Waals surface area contributed by atoms with Gasteiger partial charge in [0.05, 0.1) is 28.8 Å². The second kappa shape index (κ2) is 6.39. The van der Waals surface area contributed by atoms with Gasteiger partial charge in [0.1, 0.15) is 5.82 Å². The van der Waals surface area contributed by atoms with Crippen molar-refractivity contribution >= 4 is 28.8 Å². The molecule has 1 aliphatic heterocycles. The minimum absolute atomic E-state index is 0.00371. The number of hydrogen-bond acceptors (Lipinski definition) is 4. The molecule has 5 nitrogen and oxygen atoms in total. The van der Waals surface area contributed by atoms with Gasteiger partial charge in [-0.1, -0.05) is 31.4 Å². The molecule has 1 aliphatic carbocycles. The Bertz CT molecular complexity index is 798. The van der Waals surface area contributed by atoms with E-state index in [1.807, 2.05) is 38.4 Å². The van der Waals surface area contributed by atoms with Crippen molar-refractivity contribution in [1.29, 1.82) is 0 Å². The van der Waals surface area contributed by atoms with E-state index in [1.54, 1.807) is 11.1 Å². The van der Waals surface area contributed by atoms with Gasteiger partial charge < -0.3 is 15.1 Å². The van der Waals surface area contributed by atoms with Gasteiger partial charge >= 0.3 is 0 Å². The summed E-state index contributed by atoms with van der Waals surface area (Å²) in [5.41, 5.74) is 3.46. The maximum absolute atomic E-state index is 12.8. The number of aromatic nitrogens is 1. The molecule has 1 amide bonds. The van der Waals surface area contributed by atoms with Crippen molar-refractivity contribution in [2.45, 2.75) is 38.1 Å². The highest BCUT2D eigenvalue weighted by Gasteiger charge is 2.27. The quantitative estimate of drug-likeness (QED) is 0.893. The molecule has 1 aromatic heterocycles. The Kier molecular flexibility index (Phi) is 4.07. The van der Waals surface area contributed by atoms with Crippen molar-refractivity contribution in [3.8, 4) is 0 Å². The Morgan fingerprint density at radius 1 is 1.00 bits per heavy atom. The fourth-order valence-electron chi connectivity index (χ4n) is 3.87. The molecule has 0 saturated heterocycles. The highest BCUT2D eigenvalue weighted by Crippen LogP contribution is 2.39. The highest BCUT2D eigenvalue weighted by molar-refractivity contribution is 6.13. The molecule has 2 aliphatic rings. The molecule has 0 unspecified atom stereocenters. The lowest BCUT2D eigenvalue weighted by atomic mass is 9.95. The monoisotopic (exact) mass is 336 g/mol. The fourth-order valence-corrected chi connectivity index (χ4v) is 3.87. The maximum atomic E-state index is 12.8. The van der Waals surface area contributed by atoms with Crippen LogP contribution in [0.25, 0.3) is 0 Å². The summed E-state index contributed by atoms with van der Waals surface area (Å²) < 4.78 is 0. The molecule has 2 aromatic rings. The van der Waals surface area contributed by atoms with E-state index in [9.17, 15) is 4.79 Å². The smallest absolute Gasteiger partial charge is 0.260 e. The second-order valence-electron chi connectivity index (χ2n) is 6.98. The SMILES string of the molecule is CN1C(=O)c2ccccc2N(C)c2cc(NC3CCCCC3)ncc21. The highest BCUT2D eigenvalue weighted by atomic mass is 16.2. The number of hydrogen-bond donors (Lipinski definition) is 1. The molecule has 0 bridgehead atoms. The van der Waals surface area contributed by atoms with Gasteiger partial charge in [-0.15, -0.1) is 0 Å². The molecule has 1 aromatic carbocycles. The van der Waals surface area contributed by atoms with Crippen LogP contribution in [0.2, 0.25) is 0 Å². The first-order chi connectivity index (χ1) is 12.1. The van der Waals surface area contributed by atoms with Crippen LogP contribution in [0.4, 0.5) is 22.9 Å². The average molecular weight is 336 g/mol. The van der Waals surface area contributed by atoms with Crippen LogP contribution in [-0.4, -0.2) is 31.0 Å². The molecule has 0 radical (unpaired) electrons. The van der Waals surface area contributed by atoms with Crippen molar-refractivity contribution < 1.29 is 4.79 Å². The Morgan fingerprint density at radius 3 is 2.56 bits per heavy atom. The minimum atomic E-state index is -0.00371. The zero-order valence-electron chi connectivity index (χ0n) is 14.8. The Morgan fingerprint density at radius 2 is 1.76 bits per heavy atom. The number of rotatable bonds is 2. The number of nitrogens with one attached hydrogen (secondary N) is 1. The first-order valence-electron chi connectivity index (χ1n) is 9.02. The third-order valence-corrected chi connectivity index (χ3v) is 5.34. The molecule has 2 heterocycles. The topological polar surface area (TPSA) is 48.5 Å².